The zero-order chi connectivity index (χ0) is 17.3. The molecule has 0 aliphatic heterocycles. The van der Waals surface area contributed by atoms with Gasteiger partial charge in [-0.2, -0.15) is 0 Å². The van der Waals surface area contributed by atoms with Gasteiger partial charge in [0.2, 0.25) is 0 Å². The van der Waals surface area contributed by atoms with E-state index in [1.165, 1.54) is 64.2 Å². The van der Waals surface area contributed by atoms with E-state index in [0.29, 0.717) is 18.9 Å². The maximum atomic E-state index is 11.7. The average Bonchev–Trinajstić information content (AvgIpc) is 2.49. The highest BCUT2D eigenvalue weighted by atomic mass is 16.5. The molecule has 0 aromatic carbocycles. The smallest absolute Gasteiger partial charge is 0.305 e. The fourth-order valence-corrected chi connectivity index (χ4v) is 2.87. The Bertz CT molecular complexity index is 261. The molecule has 2 nitrogen and oxygen atoms in total. The Labute approximate surface area is 145 Å². The zero-order valence-corrected chi connectivity index (χ0v) is 16.4. The van der Waals surface area contributed by atoms with Crippen LogP contribution in [0.5, 0.6) is 0 Å². The topological polar surface area (TPSA) is 26.3 Å². The maximum Gasteiger partial charge on any atom is 0.305 e. The number of carbonyl (C=O) groups excluding carboxylic acids is 1. The normalized spacial score (nSPS) is 12.6. The van der Waals surface area contributed by atoms with Gasteiger partial charge in [0.05, 0.1) is 6.61 Å². The molecule has 0 amide bonds. The minimum Gasteiger partial charge on any atom is -0.466 e. The van der Waals surface area contributed by atoms with E-state index in [-0.39, 0.29) is 5.97 Å². The standard InChI is InChI=1S/C21H42O2/c1-5-6-7-8-9-10-11-12-16-21(22)23-18-17-20(4)15-13-14-19(2)3/h19-20H,5-18H2,1-4H3/t20-/m0/s1. The van der Waals surface area contributed by atoms with E-state index >= 15 is 0 Å². The molecule has 0 aliphatic rings. The van der Waals surface area contributed by atoms with Gasteiger partial charge >= 0.3 is 5.97 Å². The molecule has 0 radical (unpaired) electrons. The van der Waals surface area contributed by atoms with Gasteiger partial charge in [0, 0.05) is 6.42 Å². The summed E-state index contributed by atoms with van der Waals surface area (Å²) in [5.74, 6) is 1.47. The first kappa shape index (κ1) is 22.5. The minimum absolute atomic E-state index is 0.00497. The number of unbranched alkanes of at least 4 members (excludes halogenated alkanes) is 7. The lowest BCUT2D eigenvalue weighted by molar-refractivity contribution is -0.144. The first-order chi connectivity index (χ1) is 11.1. The summed E-state index contributed by atoms with van der Waals surface area (Å²) in [5, 5.41) is 0. The molecule has 0 aromatic rings. The molecule has 0 saturated carbocycles. The second-order valence-corrected chi connectivity index (χ2v) is 7.66. The van der Waals surface area contributed by atoms with E-state index in [2.05, 4.69) is 27.7 Å². The summed E-state index contributed by atoms with van der Waals surface area (Å²) in [5.41, 5.74) is 0. The molecule has 0 bridgehead atoms. The molecule has 2 heteroatoms. The van der Waals surface area contributed by atoms with Crippen LogP contribution in [0.4, 0.5) is 0 Å². The lowest BCUT2D eigenvalue weighted by atomic mass is 9.98. The molecule has 138 valence electrons. The van der Waals surface area contributed by atoms with Gasteiger partial charge in [0.1, 0.15) is 0 Å². The van der Waals surface area contributed by atoms with Crippen LogP contribution in [0.1, 0.15) is 111 Å². The molecule has 0 heterocycles. The summed E-state index contributed by atoms with van der Waals surface area (Å²) in [6, 6.07) is 0. The SMILES string of the molecule is CCCCCCCCCCC(=O)OCC[C@@H](C)CCCC(C)C. The predicted molar refractivity (Wildman–Crippen MR) is 101 cm³/mol. The first-order valence-corrected chi connectivity index (χ1v) is 10.2. The van der Waals surface area contributed by atoms with Crippen molar-refractivity contribution in [2.75, 3.05) is 6.61 Å². The van der Waals surface area contributed by atoms with Crippen molar-refractivity contribution in [3.8, 4) is 0 Å². The van der Waals surface area contributed by atoms with Crippen molar-refractivity contribution in [3.05, 3.63) is 0 Å². The van der Waals surface area contributed by atoms with Gasteiger partial charge in [-0.25, -0.2) is 0 Å². The van der Waals surface area contributed by atoms with Gasteiger partial charge in [-0.05, 0) is 24.7 Å². The Hall–Kier alpha value is -0.530. The average molecular weight is 327 g/mol. The van der Waals surface area contributed by atoms with E-state index < -0.39 is 0 Å². The summed E-state index contributed by atoms with van der Waals surface area (Å²) in [4.78, 5) is 11.7. The Morgan fingerprint density at radius 3 is 2.00 bits per heavy atom. The third-order valence-corrected chi connectivity index (χ3v) is 4.59. The van der Waals surface area contributed by atoms with E-state index in [1.807, 2.05) is 0 Å². The van der Waals surface area contributed by atoms with Crippen LogP contribution in [0, 0.1) is 11.8 Å². The summed E-state index contributed by atoms with van der Waals surface area (Å²) < 4.78 is 5.36. The van der Waals surface area contributed by atoms with Crippen molar-refractivity contribution in [2.45, 2.75) is 111 Å². The van der Waals surface area contributed by atoms with Crippen LogP contribution in [0.2, 0.25) is 0 Å². The van der Waals surface area contributed by atoms with Crippen molar-refractivity contribution in [2.24, 2.45) is 11.8 Å². The molecule has 1 atom stereocenters. The van der Waals surface area contributed by atoms with E-state index in [4.69, 9.17) is 4.74 Å². The van der Waals surface area contributed by atoms with Gasteiger partial charge < -0.3 is 4.74 Å². The van der Waals surface area contributed by atoms with Gasteiger partial charge in [-0.3, -0.25) is 4.79 Å². The van der Waals surface area contributed by atoms with E-state index in [9.17, 15) is 4.79 Å². The van der Waals surface area contributed by atoms with Gasteiger partial charge in [-0.1, -0.05) is 91.9 Å². The van der Waals surface area contributed by atoms with Crippen LogP contribution in [0.15, 0.2) is 0 Å². The largest absolute Gasteiger partial charge is 0.466 e. The Morgan fingerprint density at radius 2 is 1.39 bits per heavy atom. The van der Waals surface area contributed by atoms with Gasteiger partial charge in [0.25, 0.3) is 0 Å². The van der Waals surface area contributed by atoms with Crippen LogP contribution >= 0.6 is 0 Å². The molecule has 0 N–H and O–H groups in total. The van der Waals surface area contributed by atoms with E-state index in [1.54, 1.807) is 0 Å². The highest BCUT2D eigenvalue weighted by molar-refractivity contribution is 5.69. The number of carbonyl (C=O) groups is 1. The summed E-state index contributed by atoms with van der Waals surface area (Å²) >= 11 is 0. The zero-order valence-electron chi connectivity index (χ0n) is 16.4. The summed E-state index contributed by atoms with van der Waals surface area (Å²) in [6.07, 6.45) is 15.6. The lowest BCUT2D eigenvalue weighted by Crippen LogP contribution is -2.08. The number of hydrogen-bond donors (Lipinski definition) is 0. The molecular formula is C21H42O2. The molecular weight excluding hydrogens is 284 g/mol. The molecule has 0 saturated heterocycles. The Kier molecular flexibility index (Phi) is 16.0. The van der Waals surface area contributed by atoms with Crippen molar-refractivity contribution < 1.29 is 9.53 Å². The van der Waals surface area contributed by atoms with Crippen molar-refractivity contribution in [1.82, 2.24) is 0 Å². The van der Waals surface area contributed by atoms with Crippen LogP contribution in [-0.4, -0.2) is 12.6 Å². The summed E-state index contributed by atoms with van der Waals surface area (Å²) in [6.45, 7) is 9.68. The third-order valence-electron chi connectivity index (χ3n) is 4.59. The van der Waals surface area contributed by atoms with Crippen LogP contribution in [-0.2, 0) is 9.53 Å². The number of hydrogen-bond acceptors (Lipinski definition) is 2. The maximum absolute atomic E-state index is 11.7. The van der Waals surface area contributed by atoms with Crippen LogP contribution in [0.25, 0.3) is 0 Å². The van der Waals surface area contributed by atoms with Gasteiger partial charge in [-0.15, -0.1) is 0 Å². The summed E-state index contributed by atoms with van der Waals surface area (Å²) in [7, 11) is 0. The second-order valence-electron chi connectivity index (χ2n) is 7.66. The Morgan fingerprint density at radius 1 is 0.783 bits per heavy atom. The predicted octanol–water partition coefficient (Wildman–Crippen LogP) is 6.91. The van der Waals surface area contributed by atoms with Crippen molar-refractivity contribution >= 4 is 5.97 Å². The highest BCUT2D eigenvalue weighted by Gasteiger charge is 2.06. The monoisotopic (exact) mass is 326 g/mol. The van der Waals surface area contributed by atoms with Crippen molar-refractivity contribution in [3.63, 3.8) is 0 Å². The highest BCUT2D eigenvalue weighted by Crippen LogP contribution is 2.15. The number of rotatable bonds is 16. The fourth-order valence-electron chi connectivity index (χ4n) is 2.87. The molecule has 0 spiro atoms. The van der Waals surface area contributed by atoms with Gasteiger partial charge in [0.15, 0.2) is 0 Å². The first-order valence-electron chi connectivity index (χ1n) is 10.2. The minimum atomic E-state index is 0.00497. The second kappa shape index (κ2) is 16.3. The molecule has 0 rings (SSSR count). The molecule has 0 aromatic heterocycles. The van der Waals surface area contributed by atoms with Crippen molar-refractivity contribution in [1.29, 1.82) is 0 Å². The number of esters is 1. The number of ether oxygens (including phenoxy) is 1. The third kappa shape index (κ3) is 17.7. The molecule has 0 unspecified atom stereocenters. The lowest BCUT2D eigenvalue weighted by Gasteiger charge is -2.12. The van der Waals surface area contributed by atoms with Crippen LogP contribution < -0.4 is 0 Å². The molecule has 23 heavy (non-hydrogen) atoms. The molecule has 0 aliphatic carbocycles. The van der Waals surface area contributed by atoms with E-state index in [0.717, 1.165) is 18.8 Å². The van der Waals surface area contributed by atoms with Crippen LogP contribution in [0.3, 0.4) is 0 Å². The fraction of sp³-hybridized carbons (Fsp3) is 0.952. The molecule has 0 fully saturated rings. The quantitative estimate of drug-likeness (QED) is 0.227. The Balaban J connectivity index is 3.33.